The molecule has 0 aliphatic heterocycles. The lowest BCUT2D eigenvalue weighted by Gasteiger charge is -2.28. The summed E-state index contributed by atoms with van der Waals surface area (Å²) >= 11 is 7.50. The number of benzene rings is 3. The Kier molecular flexibility index (Phi) is 9.20. The third-order valence-corrected chi connectivity index (χ3v) is 6.30. The van der Waals surface area contributed by atoms with Gasteiger partial charge in [-0.2, -0.15) is 0 Å². The number of rotatable bonds is 10. The second-order valence-electron chi connectivity index (χ2n) is 7.50. The maximum absolute atomic E-state index is 13.6. The van der Waals surface area contributed by atoms with E-state index in [2.05, 4.69) is 17.4 Å². The molecule has 0 aromatic heterocycles. The molecule has 0 saturated heterocycles. The fourth-order valence-corrected chi connectivity index (χ4v) is 4.37. The van der Waals surface area contributed by atoms with Crippen LogP contribution in [0.25, 0.3) is 0 Å². The molecule has 0 bridgehead atoms. The van der Waals surface area contributed by atoms with Crippen molar-refractivity contribution >= 4 is 35.2 Å². The molecule has 32 heavy (non-hydrogen) atoms. The average molecular weight is 467 g/mol. The lowest BCUT2D eigenvalue weighted by atomic mass is 10.1. The molecule has 0 aliphatic carbocycles. The summed E-state index contributed by atoms with van der Waals surface area (Å²) < 4.78 is 0. The van der Waals surface area contributed by atoms with Gasteiger partial charge in [-0.3, -0.25) is 9.59 Å². The minimum atomic E-state index is -0.618. The van der Waals surface area contributed by atoms with Gasteiger partial charge in [0.05, 0.1) is 0 Å². The first-order valence-electron chi connectivity index (χ1n) is 10.5. The van der Waals surface area contributed by atoms with Gasteiger partial charge in [0.1, 0.15) is 6.04 Å². The van der Waals surface area contributed by atoms with Gasteiger partial charge in [-0.15, -0.1) is 11.8 Å². The van der Waals surface area contributed by atoms with Crippen LogP contribution in [0, 0.1) is 0 Å². The van der Waals surface area contributed by atoms with E-state index in [1.54, 1.807) is 0 Å². The van der Waals surface area contributed by atoms with E-state index in [0.29, 0.717) is 23.9 Å². The highest BCUT2D eigenvalue weighted by atomic mass is 35.5. The standard InChI is InChI=1S/C26H27ClN2O2S/c1-20(30)28-25(19-32-24-14-12-23(27)13-15-24)26(31)29(18-22-10-6-3-7-11-22)17-16-21-8-4-2-5-9-21/h2-15,25H,16-19H2,1H3,(H,28,30). The van der Waals surface area contributed by atoms with Crippen LogP contribution in [0.4, 0.5) is 0 Å². The third kappa shape index (κ3) is 7.74. The summed E-state index contributed by atoms with van der Waals surface area (Å²) in [7, 11) is 0. The van der Waals surface area contributed by atoms with Crippen molar-refractivity contribution in [1.29, 1.82) is 0 Å². The third-order valence-electron chi connectivity index (χ3n) is 4.95. The second-order valence-corrected chi connectivity index (χ2v) is 9.03. The monoisotopic (exact) mass is 466 g/mol. The Morgan fingerprint density at radius 3 is 2.09 bits per heavy atom. The van der Waals surface area contributed by atoms with Crippen molar-refractivity contribution in [3.8, 4) is 0 Å². The minimum Gasteiger partial charge on any atom is -0.344 e. The first kappa shape index (κ1) is 23.9. The fraction of sp³-hybridized carbons (Fsp3) is 0.231. The molecule has 1 unspecified atom stereocenters. The predicted molar refractivity (Wildman–Crippen MR) is 132 cm³/mol. The lowest BCUT2D eigenvalue weighted by Crippen LogP contribution is -2.49. The maximum Gasteiger partial charge on any atom is 0.246 e. The van der Waals surface area contributed by atoms with Gasteiger partial charge in [-0.1, -0.05) is 72.3 Å². The van der Waals surface area contributed by atoms with Gasteiger partial charge in [-0.05, 0) is 41.8 Å². The van der Waals surface area contributed by atoms with Crippen molar-refractivity contribution < 1.29 is 9.59 Å². The largest absolute Gasteiger partial charge is 0.344 e. The number of carbonyl (C=O) groups is 2. The van der Waals surface area contributed by atoms with Crippen molar-refractivity contribution in [1.82, 2.24) is 10.2 Å². The highest BCUT2D eigenvalue weighted by Crippen LogP contribution is 2.22. The van der Waals surface area contributed by atoms with Gasteiger partial charge in [0.25, 0.3) is 0 Å². The number of hydrogen-bond donors (Lipinski definition) is 1. The molecule has 1 N–H and O–H groups in total. The number of thioether (sulfide) groups is 1. The van der Waals surface area contributed by atoms with E-state index in [9.17, 15) is 9.59 Å². The number of carbonyl (C=O) groups excluding carboxylic acids is 2. The average Bonchev–Trinajstić information content (AvgIpc) is 2.81. The molecule has 3 aromatic carbocycles. The van der Waals surface area contributed by atoms with Crippen LogP contribution in [0.2, 0.25) is 5.02 Å². The molecule has 0 fully saturated rings. The molecule has 3 aromatic rings. The zero-order valence-electron chi connectivity index (χ0n) is 18.0. The molecule has 6 heteroatoms. The summed E-state index contributed by atoms with van der Waals surface area (Å²) in [4.78, 5) is 28.3. The second kappa shape index (κ2) is 12.3. The summed E-state index contributed by atoms with van der Waals surface area (Å²) in [6.07, 6.45) is 0.747. The molecule has 166 valence electrons. The Bertz CT molecular complexity index is 997. The molecule has 0 aliphatic rings. The van der Waals surface area contributed by atoms with E-state index in [-0.39, 0.29) is 11.8 Å². The highest BCUT2D eigenvalue weighted by molar-refractivity contribution is 7.99. The van der Waals surface area contributed by atoms with Crippen LogP contribution < -0.4 is 5.32 Å². The summed E-state index contributed by atoms with van der Waals surface area (Å²) in [5.74, 6) is 0.139. The molecular weight excluding hydrogens is 440 g/mol. The summed E-state index contributed by atoms with van der Waals surface area (Å²) in [5.41, 5.74) is 2.23. The Labute approximate surface area is 199 Å². The van der Waals surface area contributed by atoms with Crippen molar-refractivity contribution in [2.24, 2.45) is 0 Å². The van der Waals surface area contributed by atoms with Crippen LogP contribution in [-0.2, 0) is 22.6 Å². The van der Waals surface area contributed by atoms with E-state index < -0.39 is 6.04 Å². The van der Waals surface area contributed by atoms with Crippen molar-refractivity contribution in [3.63, 3.8) is 0 Å². The quantitative estimate of drug-likeness (QED) is 0.417. The van der Waals surface area contributed by atoms with E-state index in [4.69, 9.17) is 11.6 Å². The van der Waals surface area contributed by atoms with Crippen LogP contribution in [-0.4, -0.2) is 35.1 Å². The molecule has 0 radical (unpaired) electrons. The number of hydrogen-bond acceptors (Lipinski definition) is 3. The van der Waals surface area contributed by atoms with Crippen molar-refractivity contribution in [2.45, 2.75) is 30.8 Å². The number of amides is 2. The van der Waals surface area contributed by atoms with Gasteiger partial charge in [0.15, 0.2) is 0 Å². The Balaban J connectivity index is 1.75. The van der Waals surface area contributed by atoms with Crippen LogP contribution in [0.1, 0.15) is 18.1 Å². The normalized spacial score (nSPS) is 11.6. The molecule has 2 amide bonds. The maximum atomic E-state index is 13.6. The van der Waals surface area contributed by atoms with Crippen LogP contribution in [0.3, 0.4) is 0 Å². The van der Waals surface area contributed by atoms with Gasteiger partial charge < -0.3 is 10.2 Å². The molecular formula is C26H27ClN2O2S. The Morgan fingerprint density at radius 1 is 0.906 bits per heavy atom. The van der Waals surface area contributed by atoms with Crippen molar-refractivity contribution in [2.75, 3.05) is 12.3 Å². The Morgan fingerprint density at radius 2 is 1.50 bits per heavy atom. The van der Waals surface area contributed by atoms with Crippen LogP contribution in [0.15, 0.2) is 89.8 Å². The van der Waals surface area contributed by atoms with E-state index in [1.165, 1.54) is 24.2 Å². The minimum absolute atomic E-state index is 0.0820. The number of nitrogens with one attached hydrogen (secondary N) is 1. The Hall–Kier alpha value is -2.76. The number of nitrogens with zero attached hydrogens (tertiary/aromatic N) is 1. The fourth-order valence-electron chi connectivity index (χ4n) is 3.33. The van der Waals surface area contributed by atoms with Crippen LogP contribution >= 0.6 is 23.4 Å². The lowest BCUT2D eigenvalue weighted by molar-refractivity contribution is -0.136. The van der Waals surface area contributed by atoms with Gasteiger partial charge >= 0.3 is 0 Å². The molecule has 0 saturated carbocycles. The molecule has 1 atom stereocenters. The first-order valence-corrected chi connectivity index (χ1v) is 11.9. The van der Waals surface area contributed by atoms with E-state index in [1.807, 2.05) is 77.7 Å². The summed E-state index contributed by atoms with van der Waals surface area (Å²) in [5, 5.41) is 3.51. The van der Waals surface area contributed by atoms with Gasteiger partial charge in [0.2, 0.25) is 11.8 Å². The zero-order valence-corrected chi connectivity index (χ0v) is 19.6. The zero-order chi connectivity index (χ0) is 22.8. The predicted octanol–water partition coefficient (Wildman–Crippen LogP) is 5.21. The molecule has 3 rings (SSSR count). The molecule has 0 heterocycles. The first-order chi connectivity index (χ1) is 15.5. The number of halogens is 1. The van der Waals surface area contributed by atoms with Crippen LogP contribution in [0.5, 0.6) is 0 Å². The summed E-state index contributed by atoms with van der Waals surface area (Å²) in [6, 6.07) is 26.9. The highest BCUT2D eigenvalue weighted by Gasteiger charge is 2.25. The van der Waals surface area contributed by atoms with Crippen molar-refractivity contribution in [3.05, 3.63) is 101 Å². The van der Waals surface area contributed by atoms with E-state index in [0.717, 1.165) is 16.9 Å². The topological polar surface area (TPSA) is 49.4 Å². The van der Waals surface area contributed by atoms with Gasteiger partial charge in [-0.25, -0.2) is 0 Å². The summed E-state index contributed by atoms with van der Waals surface area (Å²) in [6.45, 7) is 2.51. The van der Waals surface area contributed by atoms with E-state index >= 15 is 0 Å². The molecule has 4 nitrogen and oxygen atoms in total. The smallest absolute Gasteiger partial charge is 0.246 e. The molecule has 0 spiro atoms. The van der Waals surface area contributed by atoms with Gasteiger partial charge in [0, 0.05) is 35.7 Å². The SMILES string of the molecule is CC(=O)NC(CSc1ccc(Cl)cc1)C(=O)N(CCc1ccccc1)Cc1ccccc1.